The quantitative estimate of drug-likeness (QED) is 0.541. The third-order valence-electron chi connectivity index (χ3n) is 2.51. The Bertz CT molecular complexity index is 495. The van der Waals surface area contributed by atoms with E-state index in [1.54, 1.807) is 6.58 Å². The van der Waals surface area contributed by atoms with Gasteiger partial charge in [-0.2, -0.15) is 43.9 Å². The molecule has 0 aliphatic rings. The van der Waals surface area contributed by atoms with E-state index in [0.717, 1.165) is 0 Å². The number of carboxylic acid groups (broad SMARTS) is 1. The van der Waals surface area contributed by atoms with Crippen LogP contribution in [0.25, 0.3) is 0 Å². The molecule has 0 fully saturated rings. The predicted octanol–water partition coefficient (Wildman–Crippen LogP) is 4.07. The summed E-state index contributed by atoms with van der Waals surface area (Å²) in [6.45, 7) is 1.74. The predicted molar refractivity (Wildman–Crippen MR) is 47.5 cm³/mol. The van der Waals surface area contributed by atoms with Crippen molar-refractivity contribution in [1.82, 2.24) is 0 Å². The Hall–Kier alpha value is -1.63. The van der Waals surface area contributed by atoms with Crippen molar-refractivity contribution in [1.29, 1.82) is 0 Å². The van der Waals surface area contributed by atoms with E-state index in [9.17, 15) is 57.5 Å². The summed E-state index contributed by atoms with van der Waals surface area (Å²) in [7, 11) is 0. The summed E-state index contributed by atoms with van der Waals surface area (Å²) in [6.07, 6.45) is -5.62. The van der Waals surface area contributed by atoms with Crippen LogP contribution in [0.1, 0.15) is 0 Å². The van der Waals surface area contributed by atoms with Gasteiger partial charge in [0.15, 0.2) is 0 Å². The molecule has 136 valence electrons. The molecule has 0 heterocycles. The minimum Gasteiger partial charge on any atom is -0.478 e. The van der Waals surface area contributed by atoms with E-state index < -0.39 is 47.6 Å². The van der Waals surface area contributed by atoms with Gasteiger partial charge < -0.3 is 5.11 Å². The SMILES string of the molecule is C=C(C(=O)O)C(F)(F)C(F)(F)C(F)(F)C(F)(F)C(F)(F)C(F)F. The first kappa shape index (κ1) is 21.4. The summed E-state index contributed by atoms with van der Waals surface area (Å²) in [6, 6.07) is 0. The minimum atomic E-state index is -7.76. The molecule has 0 atom stereocenters. The van der Waals surface area contributed by atoms with Crippen molar-refractivity contribution >= 4 is 5.97 Å². The summed E-state index contributed by atoms with van der Waals surface area (Å²) < 4.78 is 152. The van der Waals surface area contributed by atoms with E-state index in [2.05, 4.69) is 0 Å². The maximum atomic E-state index is 13.0. The zero-order chi connectivity index (χ0) is 19.2. The first-order valence-corrected chi connectivity index (χ1v) is 4.90. The fourth-order valence-corrected chi connectivity index (χ4v) is 1.06. The smallest absolute Gasteiger partial charge is 0.385 e. The third kappa shape index (κ3) is 2.71. The molecule has 23 heavy (non-hydrogen) atoms. The second-order valence-corrected chi connectivity index (χ2v) is 4.00. The maximum absolute atomic E-state index is 13.0. The molecule has 14 heteroatoms. The van der Waals surface area contributed by atoms with Crippen LogP contribution in [0.15, 0.2) is 12.2 Å². The molecule has 0 bridgehead atoms. The number of hydrogen-bond acceptors (Lipinski definition) is 1. The molecule has 0 saturated carbocycles. The van der Waals surface area contributed by atoms with E-state index in [1.165, 1.54) is 0 Å². The first-order valence-electron chi connectivity index (χ1n) is 4.90. The standard InChI is InChI=1S/C9H4F12O2/c1-2(3(22)23)5(12,13)7(16,17)9(20,21)8(18,19)6(14,15)4(10)11/h4H,1H2,(H,22,23). The lowest BCUT2D eigenvalue weighted by Crippen LogP contribution is -2.69. The van der Waals surface area contributed by atoms with Gasteiger partial charge in [-0.25, -0.2) is 13.6 Å². The molecule has 0 rings (SSSR count). The van der Waals surface area contributed by atoms with Gasteiger partial charge in [-0.1, -0.05) is 6.58 Å². The van der Waals surface area contributed by atoms with E-state index in [1.807, 2.05) is 0 Å². The number of hydrogen-bond donors (Lipinski definition) is 1. The molecule has 0 amide bonds. The number of alkyl halides is 12. The highest BCUT2D eigenvalue weighted by Crippen LogP contribution is 2.59. The monoisotopic (exact) mass is 372 g/mol. The summed E-state index contributed by atoms with van der Waals surface area (Å²) >= 11 is 0. The number of carbonyl (C=O) groups is 1. The molecule has 0 aliphatic heterocycles. The highest BCUT2D eigenvalue weighted by atomic mass is 19.4. The van der Waals surface area contributed by atoms with Crippen LogP contribution in [0.4, 0.5) is 52.7 Å². The van der Waals surface area contributed by atoms with Gasteiger partial charge in [0.25, 0.3) is 0 Å². The van der Waals surface area contributed by atoms with Crippen LogP contribution in [-0.4, -0.2) is 47.1 Å². The summed E-state index contributed by atoms with van der Waals surface area (Å²) in [4.78, 5) is 10.1. The van der Waals surface area contributed by atoms with Crippen molar-refractivity contribution in [2.75, 3.05) is 0 Å². The Labute approximate surface area is 118 Å². The van der Waals surface area contributed by atoms with Crippen molar-refractivity contribution in [2.45, 2.75) is 36.0 Å². The number of aliphatic carboxylic acids is 1. The van der Waals surface area contributed by atoms with Crippen LogP contribution in [0.5, 0.6) is 0 Å². The molecule has 0 aromatic carbocycles. The molecule has 1 N–H and O–H groups in total. The molecule has 0 aromatic rings. The van der Waals surface area contributed by atoms with Crippen LogP contribution in [0.3, 0.4) is 0 Å². The van der Waals surface area contributed by atoms with Crippen molar-refractivity contribution in [3.8, 4) is 0 Å². The summed E-state index contributed by atoms with van der Waals surface area (Å²) in [5, 5.41) is 7.98. The van der Waals surface area contributed by atoms with Gasteiger partial charge in [0.2, 0.25) is 0 Å². The Balaban J connectivity index is 6.28. The van der Waals surface area contributed by atoms with E-state index in [4.69, 9.17) is 5.11 Å². The van der Waals surface area contributed by atoms with E-state index >= 15 is 0 Å². The number of rotatable bonds is 7. The highest BCUT2D eigenvalue weighted by molar-refractivity contribution is 5.88. The van der Waals surface area contributed by atoms with Crippen LogP contribution < -0.4 is 0 Å². The Morgan fingerprint density at radius 3 is 1.39 bits per heavy atom. The van der Waals surface area contributed by atoms with Gasteiger partial charge in [0.1, 0.15) is 5.57 Å². The zero-order valence-corrected chi connectivity index (χ0v) is 10.2. The van der Waals surface area contributed by atoms with Crippen LogP contribution in [0.2, 0.25) is 0 Å². The fourth-order valence-electron chi connectivity index (χ4n) is 1.06. The van der Waals surface area contributed by atoms with Gasteiger partial charge in [0.05, 0.1) is 0 Å². The van der Waals surface area contributed by atoms with E-state index in [0.29, 0.717) is 0 Å². The lowest BCUT2D eigenvalue weighted by atomic mass is 9.91. The molecule has 2 nitrogen and oxygen atoms in total. The summed E-state index contributed by atoms with van der Waals surface area (Å²) in [5.74, 6) is -39.7. The van der Waals surface area contributed by atoms with Crippen molar-refractivity contribution in [2.24, 2.45) is 0 Å². The van der Waals surface area contributed by atoms with Gasteiger partial charge >= 0.3 is 42.0 Å². The van der Waals surface area contributed by atoms with Gasteiger partial charge in [-0.15, -0.1) is 0 Å². The average Bonchev–Trinajstić information content (AvgIpc) is 2.36. The van der Waals surface area contributed by atoms with Gasteiger partial charge in [-0.05, 0) is 0 Å². The number of halogens is 12. The Morgan fingerprint density at radius 2 is 1.13 bits per heavy atom. The van der Waals surface area contributed by atoms with Crippen LogP contribution >= 0.6 is 0 Å². The lowest BCUT2D eigenvalue weighted by Gasteiger charge is -2.39. The highest BCUT2D eigenvalue weighted by Gasteiger charge is 2.88. The van der Waals surface area contributed by atoms with Crippen LogP contribution in [0, 0.1) is 0 Å². The molecule has 0 aliphatic carbocycles. The topological polar surface area (TPSA) is 37.3 Å². The fraction of sp³-hybridized carbons (Fsp3) is 0.667. The lowest BCUT2D eigenvalue weighted by molar-refractivity contribution is -0.407. The van der Waals surface area contributed by atoms with Gasteiger partial charge in [0, 0.05) is 0 Å². The Kier molecular flexibility index (Phi) is 5.08. The Morgan fingerprint density at radius 1 is 0.783 bits per heavy atom. The maximum Gasteiger partial charge on any atom is 0.385 e. The first-order chi connectivity index (χ1) is 9.80. The van der Waals surface area contributed by atoms with Crippen LogP contribution in [-0.2, 0) is 4.79 Å². The molecule has 0 unspecified atom stereocenters. The molecule has 0 spiro atoms. The second kappa shape index (κ2) is 5.47. The minimum absolute atomic E-state index is 1.74. The van der Waals surface area contributed by atoms with Crippen molar-refractivity contribution in [3.63, 3.8) is 0 Å². The molecule has 0 aromatic heterocycles. The molecular weight excluding hydrogens is 368 g/mol. The number of carboxylic acids is 1. The normalized spacial score (nSPS) is 15.0. The van der Waals surface area contributed by atoms with Gasteiger partial charge in [-0.3, -0.25) is 0 Å². The van der Waals surface area contributed by atoms with E-state index in [-0.39, 0.29) is 0 Å². The third-order valence-corrected chi connectivity index (χ3v) is 2.51. The van der Waals surface area contributed by atoms with Crippen molar-refractivity contribution < 1.29 is 62.6 Å². The molecule has 0 saturated heterocycles. The molecule has 0 radical (unpaired) electrons. The largest absolute Gasteiger partial charge is 0.478 e. The molecular formula is C9H4F12O2. The summed E-state index contributed by atoms with van der Waals surface area (Å²) in [5.41, 5.74) is -3.04. The average molecular weight is 372 g/mol. The zero-order valence-electron chi connectivity index (χ0n) is 10.2. The second-order valence-electron chi connectivity index (χ2n) is 4.00. The van der Waals surface area contributed by atoms with Crippen molar-refractivity contribution in [3.05, 3.63) is 12.2 Å².